The monoisotopic (exact) mass is 289 g/mol. The molecule has 0 heterocycles. The molecule has 19 heavy (non-hydrogen) atoms. The van der Waals surface area contributed by atoms with Gasteiger partial charge in [0.15, 0.2) is 11.6 Å². The molecule has 0 saturated carbocycles. The molecule has 0 bridgehead atoms. The molecule has 0 saturated heterocycles. The maximum atomic E-state index is 13.0. The molecule has 0 amide bonds. The largest absolute Gasteiger partial charge is 0.480 e. The van der Waals surface area contributed by atoms with E-state index in [2.05, 4.69) is 5.32 Å². The van der Waals surface area contributed by atoms with Crippen molar-refractivity contribution in [3.8, 4) is 0 Å². The summed E-state index contributed by atoms with van der Waals surface area (Å²) in [4.78, 5) is 11.6. The Kier molecular flexibility index (Phi) is 6.24. The number of carbonyl (C=O) groups is 1. The van der Waals surface area contributed by atoms with Crippen LogP contribution in [0.2, 0.25) is 0 Å². The van der Waals surface area contributed by atoms with E-state index in [1.54, 1.807) is 0 Å². The van der Waals surface area contributed by atoms with Gasteiger partial charge in [0.2, 0.25) is 0 Å². The van der Waals surface area contributed by atoms with Crippen LogP contribution < -0.4 is 5.32 Å². The second-order valence-corrected chi connectivity index (χ2v) is 5.59. The molecule has 0 aliphatic heterocycles. The molecule has 1 unspecified atom stereocenters. The van der Waals surface area contributed by atoms with Gasteiger partial charge in [-0.1, -0.05) is 13.8 Å². The van der Waals surface area contributed by atoms with Gasteiger partial charge in [0.25, 0.3) is 0 Å². The zero-order chi connectivity index (χ0) is 14.4. The van der Waals surface area contributed by atoms with Crippen LogP contribution in [0.25, 0.3) is 0 Å². The summed E-state index contributed by atoms with van der Waals surface area (Å²) in [6, 6.07) is 3.12. The molecule has 1 rings (SSSR count). The van der Waals surface area contributed by atoms with Gasteiger partial charge in [-0.2, -0.15) is 0 Å². The Morgan fingerprint density at radius 1 is 1.37 bits per heavy atom. The van der Waals surface area contributed by atoms with Crippen LogP contribution >= 0.6 is 11.8 Å². The summed E-state index contributed by atoms with van der Waals surface area (Å²) in [5.41, 5.74) is 0. The first kappa shape index (κ1) is 15.9. The Hall–Kier alpha value is -1.14. The van der Waals surface area contributed by atoms with Crippen molar-refractivity contribution in [3.63, 3.8) is 0 Å². The highest BCUT2D eigenvalue weighted by molar-refractivity contribution is 7.99. The first-order valence-corrected chi connectivity index (χ1v) is 6.95. The standard InChI is InChI=1S/C13H17F2NO2S/c1-8(2)16-12(13(17)18)5-6-19-9-3-4-10(14)11(15)7-9/h3-4,7-8,12,16H,5-6H2,1-2H3,(H,17,18). The molecule has 3 nitrogen and oxygen atoms in total. The van der Waals surface area contributed by atoms with Crippen LogP contribution in [0.1, 0.15) is 20.3 Å². The number of hydrogen-bond donors (Lipinski definition) is 2. The molecule has 0 aliphatic carbocycles. The number of nitrogens with one attached hydrogen (secondary N) is 1. The van der Waals surface area contributed by atoms with Gasteiger partial charge in [-0.3, -0.25) is 4.79 Å². The van der Waals surface area contributed by atoms with Crippen LogP contribution in [-0.2, 0) is 4.79 Å². The highest BCUT2D eigenvalue weighted by Crippen LogP contribution is 2.21. The fraction of sp³-hybridized carbons (Fsp3) is 0.462. The summed E-state index contributed by atoms with van der Waals surface area (Å²) in [5, 5.41) is 12.0. The van der Waals surface area contributed by atoms with Crippen LogP contribution in [0.3, 0.4) is 0 Å². The number of carboxylic acids is 1. The summed E-state index contributed by atoms with van der Waals surface area (Å²) in [5.74, 6) is -2.16. The van der Waals surface area contributed by atoms with Crippen molar-refractivity contribution in [2.75, 3.05) is 5.75 Å². The van der Waals surface area contributed by atoms with Gasteiger partial charge in [0.05, 0.1) is 0 Å². The summed E-state index contributed by atoms with van der Waals surface area (Å²) < 4.78 is 25.7. The summed E-state index contributed by atoms with van der Waals surface area (Å²) in [7, 11) is 0. The van der Waals surface area contributed by atoms with Gasteiger partial charge in [0, 0.05) is 16.7 Å². The Labute approximate surface area is 115 Å². The maximum absolute atomic E-state index is 13.0. The van der Waals surface area contributed by atoms with E-state index >= 15 is 0 Å². The van der Waals surface area contributed by atoms with Gasteiger partial charge in [-0.25, -0.2) is 8.78 Å². The van der Waals surface area contributed by atoms with Crippen molar-refractivity contribution in [1.29, 1.82) is 0 Å². The molecule has 1 aromatic rings. The van der Waals surface area contributed by atoms with Gasteiger partial charge in [-0.15, -0.1) is 11.8 Å². The van der Waals surface area contributed by atoms with Crippen molar-refractivity contribution in [2.45, 2.75) is 37.2 Å². The molecule has 6 heteroatoms. The maximum Gasteiger partial charge on any atom is 0.320 e. The Balaban J connectivity index is 2.47. The van der Waals surface area contributed by atoms with Crippen LogP contribution in [0, 0.1) is 11.6 Å². The van der Waals surface area contributed by atoms with Gasteiger partial charge in [-0.05, 0) is 24.6 Å². The minimum Gasteiger partial charge on any atom is -0.480 e. The van der Waals surface area contributed by atoms with E-state index in [0.29, 0.717) is 17.1 Å². The highest BCUT2D eigenvalue weighted by atomic mass is 32.2. The zero-order valence-electron chi connectivity index (χ0n) is 10.8. The molecule has 0 aromatic heterocycles. The lowest BCUT2D eigenvalue weighted by Gasteiger charge is -2.16. The van der Waals surface area contributed by atoms with Crippen LogP contribution in [0.15, 0.2) is 23.1 Å². The lowest BCUT2D eigenvalue weighted by Crippen LogP contribution is -2.41. The normalized spacial score (nSPS) is 12.7. The van der Waals surface area contributed by atoms with E-state index in [1.165, 1.54) is 17.8 Å². The zero-order valence-corrected chi connectivity index (χ0v) is 11.6. The number of hydrogen-bond acceptors (Lipinski definition) is 3. The Morgan fingerprint density at radius 3 is 2.58 bits per heavy atom. The SMILES string of the molecule is CC(C)NC(CCSc1ccc(F)c(F)c1)C(=O)O. The third-order valence-corrected chi connectivity index (χ3v) is 3.43. The number of aliphatic carboxylic acids is 1. The highest BCUT2D eigenvalue weighted by Gasteiger charge is 2.17. The molecule has 0 spiro atoms. The van der Waals surface area contributed by atoms with E-state index in [9.17, 15) is 13.6 Å². The molecule has 2 N–H and O–H groups in total. The van der Waals surface area contributed by atoms with E-state index in [-0.39, 0.29) is 6.04 Å². The Morgan fingerprint density at radius 2 is 2.05 bits per heavy atom. The molecule has 106 valence electrons. The van der Waals surface area contributed by atoms with Gasteiger partial charge in [0.1, 0.15) is 6.04 Å². The fourth-order valence-corrected chi connectivity index (χ4v) is 2.48. The lowest BCUT2D eigenvalue weighted by molar-refractivity contribution is -0.139. The molecular weight excluding hydrogens is 272 g/mol. The van der Waals surface area contributed by atoms with E-state index in [0.717, 1.165) is 12.1 Å². The summed E-state index contributed by atoms with van der Waals surface area (Å²) in [6.07, 6.45) is 0.414. The quantitative estimate of drug-likeness (QED) is 0.758. The predicted octanol–water partition coefficient (Wildman–Crippen LogP) is 2.90. The van der Waals surface area contributed by atoms with Crippen molar-refractivity contribution < 1.29 is 18.7 Å². The minimum absolute atomic E-state index is 0.0781. The average molecular weight is 289 g/mol. The second-order valence-electron chi connectivity index (χ2n) is 4.43. The topological polar surface area (TPSA) is 49.3 Å². The first-order chi connectivity index (χ1) is 8.90. The van der Waals surface area contributed by atoms with E-state index in [4.69, 9.17) is 5.11 Å². The Bertz CT molecular complexity index is 441. The second kappa shape index (κ2) is 7.45. The summed E-state index contributed by atoms with van der Waals surface area (Å²) in [6.45, 7) is 3.75. The van der Waals surface area contributed by atoms with Crippen molar-refractivity contribution >= 4 is 17.7 Å². The molecular formula is C13H17F2NO2S. The third-order valence-electron chi connectivity index (χ3n) is 2.40. The number of benzene rings is 1. The smallest absolute Gasteiger partial charge is 0.320 e. The number of carboxylic acid groups (broad SMARTS) is 1. The van der Waals surface area contributed by atoms with Gasteiger partial charge < -0.3 is 10.4 Å². The minimum atomic E-state index is -0.903. The van der Waals surface area contributed by atoms with E-state index in [1.807, 2.05) is 13.8 Å². The van der Waals surface area contributed by atoms with E-state index < -0.39 is 23.6 Å². The number of halogens is 2. The average Bonchev–Trinajstić information content (AvgIpc) is 2.31. The predicted molar refractivity (Wildman–Crippen MR) is 71.4 cm³/mol. The third kappa shape index (κ3) is 5.57. The van der Waals surface area contributed by atoms with Crippen molar-refractivity contribution in [3.05, 3.63) is 29.8 Å². The molecule has 0 aliphatic rings. The van der Waals surface area contributed by atoms with Crippen LogP contribution in [-0.4, -0.2) is 28.9 Å². The molecule has 1 atom stereocenters. The number of thioether (sulfide) groups is 1. The lowest BCUT2D eigenvalue weighted by atomic mass is 10.2. The van der Waals surface area contributed by atoms with Gasteiger partial charge >= 0.3 is 5.97 Å². The molecule has 0 radical (unpaired) electrons. The molecule has 1 aromatic carbocycles. The van der Waals surface area contributed by atoms with Crippen molar-refractivity contribution in [1.82, 2.24) is 5.32 Å². The van der Waals surface area contributed by atoms with Crippen LogP contribution in [0.5, 0.6) is 0 Å². The van der Waals surface area contributed by atoms with Crippen LogP contribution in [0.4, 0.5) is 8.78 Å². The fourth-order valence-electron chi connectivity index (χ4n) is 1.54. The summed E-state index contributed by atoms with van der Waals surface area (Å²) >= 11 is 1.31. The molecule has 0 fully saturated rings. The van der Waals surface area contributed by atoms with Crippen molar-refractivity contribution in [2.24, 2.45) is 0 Å². The number of rotatable bonds is 7. The first-order valence-electron chi connectivity index (χ1n) is 5.97.